The van der Waals surface area contributed by atoms with Crippen molar-refractivity contribution in [2.24, 2.45) is 11.5 Å². The number of nitrogens with zero attached hydrogens (tertiary/aromatic N) is 1. The lowest BCUT2D eigenvalue weighted by Crippen LogP contribution is -2.60. The molecule has 2 rings (SSSR count). The van der Waals surface area contributed by atoms with E-state index >= 15 is 0 Å². The zero-order valence-electron chi connectivity index (χ0n) is 11.2. The van der Waals surface area contributed by atoms with Crippen LogP contribution in [0.15, 0.2) is 12.1 Å². The SMILES string of the molecule is CCOC1CC(N)C1Nc1nc(C)ccc1C(N)=O. The highest BCUT2D eigenvalue weighted by atomic mass is 16.5. The van der Waals surface area contributed by atoms with Crippen LogP contribution in [0.3, 0.4) is 0 Å². The number of aryl methyl sites for hydroxylation is 1. The zero-order chi connectivity index (χ0) is 14.0. The van der Waals surface area contributed by atoms with Crippen molar-refractivity contribution in [1.82, 2.24) is 4.98 Å². The molecule has 1 aromatic heterocycles. The Bertz CT molecular complexity index is 476. The molecule has 0 saturated heterocycles. The summed E-state index contributed by atoms with van der Waals surface area (Å²) in [6, 6.07) is 3.39. The lowest BCUT2D eigenvalue weighted by molar-refractivity contribution is -0.0127. The Hall–Kier alpha value is -1.66. The van der Waals surface area contributed by atoms with Gasteiger partial charge in [-0.15, -0.1) is 0 Å². The van der Waals surface area contributed by atoms with Gasteiger partial charge >= 0.3 is 0 Å². The standard InChI is InChI=1S/C13H20N4O2/c1-3-19-10-6-9(14)11(10)17-13-8(12(15)18)5-4-7(2)16-13/h4-5,9-11H,3,6,14H2,1-2H3,(H2,15,18)(H,16,17). The molecular weight excluding hydrogens is 244 g/mol. The van der Waals surface area contributed by atoms with Gasteiger partial charge in [0, 0.05) is 18.3 Å². The van der Waals surface area contributed by atoms with Crippen LogP contribution in [0.4, 0.5) is 5.82 Å². The first-order chi connectivity index (χ1) is 9.02. The molecule has 104 valence electrons. The summed E-state index contributed by atoms with van der Waals surface area (Å²) in [7, 11) is 0. The van der Waals surface area contributed by atoms with Crippen molar-refractivity contribution in [3.05, 3.63) is 23.4 Å². The van der Waals surface area contributed by atoms with Crippen LogP contribution in [0.5, 0.6) is 0 Å². The van der Waals surface area contributed by atoms with Gasteiger partial charge in [0.15, 0.2) is 0 Å². The third kappa shape index (κ3) is 2.85. The maximum absolute atomic E-state index is 11.4. The average molecular weight is 264 g/mol. The number of nitrogens with two attached hydrogens (primary N) is 2. The molecule has 0 bridgehead atoms. The number of hydrogen-bond donors (Lipinski definition) is 3. The Morgan fingerprint density at radius 2 is 2.32 bits per heavy atom. The van der Waals surface area contributed by atoms with E-state index in [1.54, 1.807) is 12.1 Å². The summed E-state index contributed by atoms with van der Waals surface area (Å²) in [5.41, 5.74) is 12.5. The Labute approximate surface area is 112 Å². The molecule has 1 saturated carbocycles. The molecule has 6 heteroatoms. The summed E-state index contributed by atoms with van der Waals surface area (Å²) < 4.78 is 5.58. The monoisotopic (exact) mass is 264 g/mol. The van der Waals surface area contributed by atoms with E-state index in [1.807, 2.05) is 13.8 Å². The maximum atomic E-state index is 11.4. The van der Waals surface area contributed by atoms with E-state index in [0.29, 0.717) is 18.0 Å². The maximum Gasteiger partial charge on any atom is 0.252 e. The van der Waals surface area contributed by atoms with Gasteiger partial charge in [0.05, 0.1) is 17.7 Å². The summed E-state index contributed by atoms with van der Waals surface area (Å²) >= 11 is 0. The Balaban J connectivity index is 2.18. The number of hydrogen-bond acceptors (Lipinski definition) is 5. The number of carbonyl (C=O) groups excluding carboxylic acids is 1. The van der Waals surface area contributed by atoms with Gasteiger partial charge in [-0.05, 0) is 32.4 Å². The second kappa shape index (κ2) is 5.54. The van der Waals surface area contributed by atoms with E-state index < -0.39 is 5.91 Å². The van der Waals surface area contributed by atoms with Gasteiger partial charge in [-0.1, -0.05) is 0 Å². The van der Waals surface area contributed by atoms with Gasteiger partial charge in [-0.2, -0.15) is 0 Å². The summed E-state index contributed by atoms with van der Waals surface area (Å²) in [5, 5.41) is 3.19. The minimum atomic E-state index is -0.504. The normalized spacial score (nSPS) is 25.7. The van der Waals surface area contributed by atoms with E-state index in [1.165, 1.54) is 0 Å². The van der Waals surface area contributed by atoms with Crippen molar-refractivity contribution >= 4 is 11.7 Å². The molecule has 1 aliphatic rings. The molecule has 0 aliphatic heterocycles. The molecule has 3 atom stereocenters. The van der Waals surface area contributed by atoms with Gasteiger partial charge in [0.25, 0.3) is 5.91 Å². The van der Waals surface area contributed by atoms with Crippen LogP contribution in [-0.4, -0.2) is 35.7 Å². The molecule has 19 heavy (non-hydrogen) atoms. The molecule has 0 radical (unpaired) electrons. The fourth-order valence-electron chi connectivity index (χ4n) is 2.25. The number of aromatic nitrogens is 1. The molecular formula is C13H20N4O2. The number of anilines is 1. The van der Waals surface area contributed by atoms with Gasteiger partial charge in [0.1, 0.15) is 5.82 Å². The highest BCUT2D eigenvalue weighted by Crippen LogP contribution is 2.27. The van der Waals surface area contributed by atoms with Gasteiger partial charge in [0.2, 0.25) is 0 Å². The molecule has 0 aromatic carbocycles. The van der Waals surface area contributed by atoms with Crippen molar-refractivity contribution in [2.75, 3.05) is 11.9 Å². The van der Waals surface area contributed by atoms with E-state index in [-0.39, 0.29) is 18.2 Å². The van der Waals surface area contributed by atoms with E-state index in [2.05, 4.69) is 10.3 Å². The summed E-state index contributed by atoms with van der Waals surface area (Å²) in [6.45, 7) is 4.44. The molecule has 3 unspecified atom stereocenters. The summed E-state index contributed by atoms with van der Waals surface area (Å²) in [4.78, 5) is 15.7. The predicted molar refractivity (Wildman–Crippen MR) is 72.9 cm³/mol. The fraction of sp³-hybridized carbons (Fsp3) is 0.538. The molecule has 1 fully saturated rings. The van der Waals surface area contributed by atoms with E-state index in [9.17, 15) is 4.79 Å². The summed E-state index contributed by atoms with van der Waals surface area (Å²) in [5.74, 6) is -0.0202. The van der Waals surface area contributed by atoms with Crippen molar-refractivity contribution in [1.29, 1.82) is 0 Å². The van der Waals surface area contributed by atoms with Crippen LogP contribution in [0.1, 0.15) is 29.4 Å². The Morgan fingerprint density at radius 1 is 1.58 bits per heavy atom. The molecule has 1 amide bonds. The quantitative estimate of drug-likeness (QED) is 0.714. The van der Waals surface area contributed by atoms with E-state index in [4.69, 9.17) is 16.2 Å². The third-order valence-corrected chi connectivity index (χ3v) is 3.35. The average Bonchev–Trinajstić information content (AvgIpc) is 2.35. The zero-order valence-corrected chi connectivity index (χ0v) is 11.2. The summed E-state index contributed by atoms with van der Waals surface area (Å²) in [6.07, 6.45) is 0.867. The number of ether oxygens (including phenoxy) is 1. The van der Waals surface area contributed by atoms with Gasteiger partial charge in [-0.25, -0.2) is 4.98 Å². The molecule has 5 N–H and O–H groups in total. The number of primary amides is 1. The first kappa shape index (κ1) is 13.8. The first-order valence-electron chi connectivity index (χ1n) is 6.44. The minimum absolute atomic E-state index is 0.000381. The van der Waals surface area contributed by atoms with Crippen molar-refractivity contribution in [3.63, 3.8) is 0 Å². The molecule has 0 spiro atoms. The predicted octanol–water partition coefficient (Wildman–Crippen LogP) is 0.406. The largest absolute Gasteiger partial charge is 0.376 e. The minimum Gasteiger partial charge on any atom is -0.376 e. The lowest BCUT2D eigenvalue weighted by atomic mass is 9.83. The smallest absolute Gasteiger partial charge is 0.252 e. The molecule has 1 aromatic rings. The van der Waals surface area contributed by atoms with Crippen LogP contribution in [0.2, 0.25) is 0 Å². The second-order valence-corrected chi connectivity index (χ2v) is 4.78. The lowest BCUT2D eigenvalue weighted by Gasteiger charge is -2.42. The number of amides is 1. The molecule has 1 aliphatic carbocycles. The second-order valence-electron chi connectivity index (χ2n) is 4.78. The van der Waals surface area contributed by atoms with Crippen molar-refractivity contribution in [3.8, 4) is 0 Å². The van der Waals surface area contributed by atoms with Crippen LogP contribution < -0.4 is 16.8 Å². The van der Waals surface area contributed by atoms with Crippen LogP contribution in [0, 0.1) is 6.92 Å². The van der Waals surface area contributed by atoms with Gasteiger partial charge in [-0.3, -0.25) is 4.79 Å². The Kier molecular flexibility index (Phi) is 4.01. The molecule has 6 nitrogen and oxygen atoms in total. The van der Waals surface area contributed by atoms with Crippen LogP contribution >= 0.6 is 0 Å². The molecule has 1 heterocycles. The van der Waals surface area contributed by atoms with Crippen LogP contribution in [0.25, 0.3) is 0 Å². The Morgan fingerprint density at radius 3 is 2.89 bits per heavy atom. The van der Waals surface area contributed by atoms with Crippen molar-refractivity contribution in [2.45, 2.75) is 38.5 Å². The highest BCUT2D eigenvalue weighted by molar-refractivity contribution is 5.97. The van der Waals surface area contributed by atoms with Crippen LogP contribution in [-0.2, 0) is 4.74 Å². The van der Waals surface area contributed by atoms with Crippen molar-refractivity contribution < 1.29 is 9.53 Å². The van der Waals surface area contributed by atoms with E-state index in [0.717, 1.165) is 12.1 Å². The number of rotatable bonds is 5. The van der Waals surface area contributed by atoms with Gasteiger partial charge < -0.3 is 21.5 Å². The fourth-order valence-corrected chi connectivity index (χ4v) is 2.25. The topological polar surface area (TPSA) is 103 Å². The third-order valence-electron chi connectivity index (χ3n) is 3.35. The number of pyridine rings is 1. The number of carbonyl (C=O) groups is 1. The highest BCUT2D eigenvalue weighted by Gasteiger charge is 2.40. The number of nitrogens with one attached hydrogen (secondary N) is 1. The first-order valence-corrected chi connectivity index (χ1v) is 6.44.